The third-order valence-electron chi connectivity index (χ3n) is 2.63. The highest BCUT2D eigenvalue weighted by molar-refractivity contribution is 6.30. The Bertz CT molecular complexity index is 716. The van der Waals surface area contributed by atoms with Gasteiger partial charge in [-0.25, -0.2) is 17.6 Å². The molecule has 0 fully saturated rings. The van der Waals surface area contributed by atoms with Crippen molar-refractivity contribution >= 4 is 11.6 Å². The summed E-state index contributed by atoms with van der Waals surface area (Å²) in [6.45, 7) is 0. The topological polar surface area (TPSA) is 9.23 Å². The normalized spacial score (nSPS) is 10.0. The first-order chi connectivity index (χ1) is 9.95. The summed E-state index contributed by atoms with van der Waals surface area (Å²) in [7, 11) is 1.48. The summed E-state index contributed by atoms with van der Waals surface area (Å²) in [4.78, 5) is 0. The molecule has 0 aliphatic carbocycles. The molecule has 0 bridgehead atoms. The van der Waals surface area contributed by atoms with E-state index >= 15 is 0 Å². The molecule has 0 atom stereocenters. The predicted molar refractivity (Wildman–Crippen MR) is 70.3 cm³/mol. The maximum absolute atomic E-state index is 13.5. The van der Waals surface area contributed by atoms with Gasteiger partial charge in [0.2, 0.25) is 0 Å². The highest BCUT2D eigenvalue weighted by Gasteiger charge is 2.23. The zero-order chi connectivity index (χ0) is 15.6. The summed E-state index contributed by atoms with van der Waals surface area (Å²) in [5, 5.41) is -1.24. The van der Waals surface area contributed by atoms with Gasteiger partial charge in [0.05, 0.1) is 7.11 Å². The summed E-state index contributed by atoms with van der Waals surface area (Å²) in [6, 6.07) is 6.23. The molecule has 0 spiro atoms. The third-order valence-corrected chi connectivity index (χ3v) is 2.96. The molecule has 2 rings (SSSR count). The van der Waals surface area contributed by atoms with E-state index in [9.17, 15) is 17.6 Å². The number of benzene rings is 2. The third kappa shape index (κ3) is 2.96. The minimum absolute atomic E-state index is 0.394. The Morgan fingerprint density at radius 2 is 1.38 bits per heavy atom. The van der Waals surface area contributed by atoms with Crippen molar-refractivity contribution in [2.75, 3.05) is 7.11 Å². The van der Waals surface area contributed by atoms with E-state index in [1.54, 1.807) is 12.1 Å². The Labute approximate surface area is 123 Å². The molecule has 0 unspecified atom stereocenters. The van der Waals surface area contributed by atoms with Crippen molar-refractivity contribution in [1.29, 1.82) is 0 Å². The molecule has 0 amide bonds. The molecule has 0 heterocycles. The summed E-state index contributed by atoms with van der Waals surface area (Å²) in [5.74, 6) is -1.55. The molecule has 2 aromatic rings. The Hall–Kier alpha value is -2.19. The van der Waals surface area contributed by atoms with Gasteiger partial charge in [-0.15, -0.1) is 0 Å². The smallest absolute Gasteiger partial charge is 0.181 e. The van der Waals surface area contributed by atoms with Gasteiger partial charge in [-0.05, 0) is 24.3 Å². The average Bonchev–Trinajstić information content (AvgIpc) is 2.51. The van der Waals surface area contributed by atoms with Gasteiger partial charge in [-0.2, -0.15) is 0 Å². The van der Waals surface area contributed by atoms with Gasteiger partial charge in [0.15, 0.2) is 23.3 Å². The molecule has 0 aromatic heterocycles. The highest BCUT2D eigenvalue weighted by Crippen LogP contribution is 2.27. The Morgan fingerprint density at radius 3 is 1.86 bits per heavy atom. The Morgan fingerprint density at radius 1 is 0.857 bits per heavy atom. The van der Waals surface area contributed by atoms with E-state index in [-0.39, 0.29) is 0 Å². The molecule has 0 radical (unpaired) electrons. The van der Waals surface area contributed by atoms with Crippen LogP contribution >= 0.6 is 11.6 Å². The van der Waals surface area contributed by atoms with Crippen molar-refractivity contribution in [1.82, 2.24) is 0 Å². The van der Waals surface area contributed by atoms with E-state index in [0.717, 1.165) is 0 Å². The zero-order valence-electron chi connectivity index (χ0n) is 10.6. The molecular formula is C15H7ClF4O. The van der Waals surface area contributed by atoms with Crippen LogP contribution in [0.2, 0.25) is 5.02 Å². The van der Waals surface area contributed by atoms with Crippen LogP contribution < -0.4 is 4.74 Å². The quantitative estimate of drug-likeness (QED) is 0.330. The first-order valence-corrected chi connectivity index (χ1v) is 6.01. The summed E-state index contributed by atoms with van der Waals surface area (Å²) in [6.07, 6.45) is 0. The van der Waals surface area contributed by atoms with Crippen LogP contribution in [-0.4, -0.2) is 7.11 Å². The van der Waals surface area contributed by atoms with E-state index in [1.165, 1.54) is 19.2 Å². The van der Waals surface area contributed by atoms with Crippen LogP contribution in [0.15, 0.2) is 24.3 Å². The molecular weight excluding hydrogens is 308 g/mol. The largest absolute Gasteiger partial charge is 0.497 e. The van der Waals surface area contributed by atoms with E-state index in [1.807, 2.05) is 0 Å². The second kappa shape index (κ2) is 6.06. The summed E-state index contributed by atoms with van der Waals surface area (Å²) in [5.41, 5.74) is -0.615. The minimum Gasteiger partial charge on any atom is -0.497 e. The second-order valence-electron chi connectivity index (χ2n) is 3.92. The molecule has 1 nitrogen and oxygen atoms in total. The number of methoxy groups -OCH3 is 1. The molecule has 0 aliphatic rings. The zero-order valence-corrected chi connectivity index (χ0v) is 11.4. The van der Waals surface area contributed by atoms with Crippen molar-refractivity contribution in [2.24, 2.45) is 0 Å². The van der Waals surface area contributed by atoms with Crippen molar-refractivity contribution in [2.45, 2.75) is 0 Å². The Balaban J connectivity index is 2.47. The van der Waals surface area contributed by atoms with Gasteiger partial charge >= 0.3 is 0 Å². The number of rotatable bonds is 1. The lowest BCUT2D eigenvalue weighted by Crippen LogP contribution is -2.01. The molecule has 2 aromatic carbocycles. The maximum Gasteiger partial charge on any atom is 0.181 e. The molecule has 0 N–H and O–H groups in total. The summed E-state index contributed by atoms with van der Waals surface area (Å²) < 4.78 is 58.5. The van der Waals surface area contributed by atoms with Gasteiger partial charge in [-0.3, -0.25) is 0 Å². The van der Waals surface area contributed by atoms with Gasteiger partial charge in [-0.1, -0.05) is 23.4 Å². The van der Waals surface area contributed by atoms with Gasteiger partial charge in [0.25, 0.3) is 0 Å². The lowest BCUT2D eigenvalue weighted by atomic mass is 10.1. The van der Waals surface area contributed by atoms with Gasteiger partial charge < -0.3 is 4.74 Å². The first kappa shape index (κ1) is 15.2. The molecule has 0 saturated heterocycles. The molecule has 21 heavy (non-hydrogen) atoms. The molecule has 6 heteroatoms. The van der Waals surface area contributed by atoms with Crippen molar-refractivity contribution < 1.29 is 22.3 Å². The van der Waals surface area contributed by atoms with Crippen molar-refractivity contribution in [3.63, 3.8) is 0 Å². The molecule has 108 valence electrons. The number of ether oxygens (including phenoxy) is 1. The SMILES string of the molecule is COc1ccc(C#Cc2c(F)c(F)c(Cl)c(F)c2F)cc1. The minimum atomic E-state index is -1.67. The fourth-order valence-electron chi connectivity index (χ4n) is 1.52. The van der Waals surface area contributed by atoms with E-state index in [2.05, 4.69) is 11.8 Å². The van der Waals surface area contributed by atoms with Crippen molar-refractivity contribution in [3.05, 3.63) is 63.7 Å². The van der Waals surface area contributed by atoms with E-state index < -0.39 is 33.9 Å². The van der Waals surface area contributed by atoms with Crippen LogP contribution in [0.4, 0.5) is 17.6 Å². The lowest BCUT2D eigenvalue weighted by Gasteiger charge is -2.03. The monoisotopic (exact) mass is 314 g/mol. The first-order valence-electron chi connectivity index (χ1n) is 5.63. The van der Waals surface area contributed by atoms with Gasteiger partial charge in [0, 0.05) is 5.56 Å². The Kier molecular flexibility index (Phi) is 4.39. The molecule has 0 saturated carbocycles. The predicted octanol–water partition coefficient (Wildman–Crippen LogP) is 4.30. The number of halogens is 5. The van der Waals surface area contributed by atoms with Crippen molar-refractivity contribution in [3.8, 4) is 17.6 Å². The van der Waals surface area contributed by atoms with Crippen LogP contribution in [0.25, 0.3) is 0 Å². The van der Waals surface area contributed by atoms with Crippen LogP contribution in [0.5, 0.6) is 5.75 Å². The van der Waals surface area contributed by atoms with Crippen LogP contribution in [-0.2, 0) is 0 Å². The van der Waals surface area contributed by atoms with E-state index in [0.29, 0.717) is 11.3 Å². The van der Waals surface area contributed by atoms with Gasteiger partial charge in [0.1, 0.15) is 16.3 Å². The fraction of sp³-hybridized carbons (Fsp3) is 0.0667. The highest BCUT2D eigenvalue weighted by atomic mass is 35.5. The standard InChI is InChI=1S/C15H7ClF4O/c1-21-9-5-2-8(3-6-9)4-7-10-12(17)14(19)11(16)15(20)13(10)18/h2-3,5-6H,1H3. The average molecular weight is 315 g/mol. The summed E-state index contributed by atoms with van der Waals surface area (Å²) >= 11 is 5.12. The van der Waals surface area contributed by atoms with Crippen LogP contribution in [0.3, 0.4) is 0 Å². The number of hydrogen-bond acceptors (Lipinski definition) is 1. The second-order valence-corrected chi connectivity index (χ2v) is 4.30. The molecule has 0 aliphatic heterocycles. The maximum atomic E-state index is 13.5. The van der Waals surface area contributed by atoms with Crippen LogP contribution in [0, 0.1) is 35.1 Å². The van der Waals surface area contributed by atoms with E-state index in [4.69, 9.17) is 16.3 Å². The van der Waals surface area contributed by atoms with Crippen LogP contribution in [0.1, 0.15) is 11.1 Å². The number of hydrogen-bond donors (Lipinski definition) is 0. The fourth-order valence-corrected chi connectivity index (χ4v) is 1.69. The lowest BCUT2D eigenvalue weighted by molar-refractivity contribution is 0.415.